The molecule has 0 atom stereocenters. The van der Waals surface area contributed by atoms with E-state index in [1.807, 2.05) is 18.2 Å². The van der Waals surface area contributed by atoms with Crippen LogP contribution < -0.4 is 5.32 Å². The van der Waals surface area contributed by atoms with Crippen molar-refractivity contribution in [3.63, 3.8) is 0 Å². The van der Waals surface area contributed by atoms with Gasteiger partial charge in [-0.2, -0.15) is 0 Å². The molecule has 3 nitrogen and oxygen atoms in total. The Bertz CT molecular complexity index is 448. The second-order valence-corrected chi connectivity index (χ2v) is 5.74. The lowest BCUT2D eigenvalue weighted by Gasteiger charge is -2.06. The van der Waals surface area contributed by atoms with E-state index < -0.39 is 0 Å². The molecule has 1 heterocycles. The van der Waals surface area contributed by atoms with Crippen molar-refractivity contribution in [1.29, 1.82) is 0 Å². The zero-order valence-corrected chi connectivity index (χ0v) is 11.8. The first-order chi connectivity index (χ1) is 8.75. The van der Waals surface area contributed by atoms with Crippen molar-refractivity contribution >= 4 is 26.7 Å². The maximum Gasteiger partial charge on any atom is 0.183 e. The van der Waals surface area contributed by atoms with Crippen LogP contribution >= 0.6 is 11.3 Å². The quantitative estimate of drug-likeness (QED) is 0.773. The Balaban J connectivity index is 1.70. The molecule has 0 fully saturated rings. The summed E-state index contributed by atoms with van der Waals surface area (Å²) in [6.07, 6.45) is 1.13. The van der Waals surface area contributed by atoms with E-state index in [1.165, 1.54) is 4.70 Å². The topological polar surface area (TPSA) is 34.1 Å². The van der Waals surface area contributed by atoms with Gasteiger partial charge in [0, 0.05) is 13.2 Å². The van der Waals surface area contributed by atoms with Gasteiger partial charge in [-0.1, -0.05) is 37.3 Å². The number of hydrogen-bond acceptors (Lipinski definition) is 4. The molecule has 0 saturated heterocycles. The van der Waals surface area contributed by atoms with Gasteiger partial charge in [0.05, 0.1) is 16.8 Å². The van der Waals surface area contributed by atoms with Crippen molar-refractivity contribution in [3.8, 4) is 0 Å². The fraction of sp³-hybridized carbons (Fsp3) is 0.500. The van der Waals surface area contributed by atoms with E-state index in [2.05, 4.69) is 30.2 Å². The highest BCUT2D eigenvalue weighted by molar-refractivity contribution is 7.22. The molecule has 0 saturated carbocycles. The maximum absolute atomic E-state index is 5.55. The summed E-state index contributed by atoms with van der Waals surface area (Å²) < 4.78 is 6.78. The van der Waals surface area contributed by atoms with Crippen molar-refractivity contribution in [3.05, 3.63) is 24.3 Å². The van der Waals surface area contributed by atoms with Crippen LogP contribution in [0.2, 0.25) is 0 Å². The van der Waals surface area contributed by atoms with Crippen LogP contribution in [0, 0.1) is 5.92 Å². The average molecular weight is 264 g/mol. The van der Waals surface area contributed by atoms with E-state index in [0.717, 1.165) is 36.8 Å². The molecule has 0 amide bonds. The first-order valence-electron chi connectivity index (χ1n) is 6.43. The normalized spacial score (nSPS) is 11.3. The molecule has 0 unspecified atom stereocenters. The highest BCUT2D eigenvalue weighted by atomic mass is 32.1. The minimum atomic E-state index is 0.710. The van der Waals surface area contributed by atoms with E-state index >= 15 is 0 Å². The van der Waals surface area contributed by atoms with Gasteiger partial charge in [0.25, 0.3) is 0 Å². The summed E-state index contributed by atoms with van der Waals surface area (Å²) in [5.41, 5.74) is 1.06. The second kappa shape index (κ2) is 6.71. The van der Waals surface area contributed by atoms with E-state index in [1.54, 1.807) is 11.3 Å². The Labute approximate surface area is 112 Å². The Morgan fingerprint density at radius 2 is 2.11 bits per heavy atom. The third-order valence-electron chi connectivity index (χ3n) is 2.66. The molecule has 0 aliphatic heterocycles. The summed E-state index contributed by atoms with van der Waals surface area (Å²) in [7, 11) is 0. The Kier molecular flexibility index (Phi) is 4.96. The zero-order valence-electron chi connectivity index (χ0n) is 11.0. The first kappa shape index (κ1) is 13.3. The molecular weight excluding hydrogens is 244 g/mol. The molecule has 2 aromatic rings. The number of nitrogens with zero attached hydrogens (tertiary/aromatic N) is 1. The van der Waals surface area contributed by atoms with Gasteiger partial charge in [0.1, 0.15) is 0 Å². The number of ether oxygens (including phenoxy) is 1. The third kappa shape index (κ3) is 3.96. The van der Waals surface area contributed by atoms with Crippen LogP contribution in [0.4, 0.5) is 5.13 Å². The van der Waals surface area contributed by atoms with Gasteiger partial charge in [-0.15, -0.1) is 0 Å². The molecule has 0 aliphatic carbocycles. The largest absolute Gasteiger partial charge is 0.380 e. The van der Waals surface area contributed by atoms with Gasteiger partial charge in [0.15, 0.2) is 5.13 Å². The molecular formula is C14H20N2OS. The van der Waals surface area contributed by atoms with Gasteiger partial charge in [-0.3, -0.25) is 0 Å². The van der Waals surface area contributed by atoms with E-state index in [0.29, 0.717) is 5.92 Å². The number of para-hydroxylation sites is 1. The fourth-order valence-corrected chi connectivity index (χ4v) is 2.49. The smallest absolute Gasteiger partial charge is 0.183 e. The lowest BCUT2D eigenvalue weighted by Crippen LogP contribution is -2.10. The molecule has 18 heavy (non-hydrogen) atoms. The van der Waals surface area contributed by atoms with Crippen molar-refractivity contribution in [2.24, 2.45) is 5.92 Å². The monoisotopic (exact) mass is 264 g/mol. The van der Waals surface area contributed by atoms with Crippen molar-refractivity contribution in [1.82, 2.24) is 4.98 Å². The number of hydrogen-bond donors (Lipinski definition) is 1. The molecule has 4 heteroatoms. The number of anilines is 1. The number of benzene rings is 1. The number of nitrogens with one attached hydrogen (secondary N) is 1. The summed E-state index contributed by atoms with van der Waals surface area (Å²) in [4.78, 5) is 4.51. The Morgan fingerprint density at radius 1 is 1.28 bits per heavy atom. The van der Waals surface area contributed by atoms with Crippen LogP contribution in [-0.4, -0.2) is 24.7 Å². The third-order valence-corrected chi connectivity index (χ3v) is 3.65. The Hall–Kier alpha value is -1.13. The highest BCUT2D eigenvalue weighted by Crippen LogP contribution is 2.24. The maximum atomic E-state index is 5.55. The van der Waals surface area contributed by atoms with Crippen LogP contribution in [0.5, 0.6) is 0 Å². The standard InChI is InChI=1S/C14H20N2OS/c1-11(2)7-9-17-10-8-15-14-16-12-5-3-4-6-13(12)18-14/h3-6,11H,7-10H2,1-2H3,(H,15,16). The van der Waals surface area contributed by atoms with Gasteiger partial charge < -0.3 is 10.1 Å². The predicted octanol–water partition coefficient (Wildman–Crippen LogP) is 3.77. The van der Waals surface area contributed by atoms with Crippen LogP contribution in [0.15, 0.2) is 24.3 Å². The van der Waals surface area contributed by atoms with Gasteiger partial charge in [0.2, 0.25) is 0 Å². The minimum Gasteiger partial charge on any atom is -0.380 e. The average Bonchev–Trinajstić information content (AvgIpc) is 2.75. The van der Waals surface area contributed by atoms with Crippen LogP contribution in [0.3, 0.4) is 0 Å². The van der Waals surface area contributed by atoms with Gasteiger partial charge >= 0.3 is 0 Å². The summed E-state index contributed by atoms with van der Waals surface area (Å²) >= 11 is 1.69. The molecule has 1 N–H and O–H groups in total. The first-order valence-corrected chi connectivity index (χ1v) is 7.24. The van der Waals surface area contributed by atoms with Crippen LogP contribution in [0.1, 0.15) is 20.3 Å². The van der Waals surface area contributed by atoms with Gasteiger partial charge in [-0.25, -0.2) is 4.98 Å². The van der Waals surface area contributed by atoms with Crippen molar-refractivity contribution in [2.45, 2.75) is 20.3 Å². The van der Waals surface area contributed by atoms with E-state index in [4.69, 9.17) is 4.74 Å². The number of fused-ring (bicyclic) bond motifs is 1. The molecule has 1 aromatic carbocycles. The molecule has 0 radical (unpaired) electrons. The molecule has 0 aliphatic rings. The summed E-state index contributed by atoms with van der Waals surface area (Å²) in [6.45, 7) is 6.82. The second-order valence-electron chi connectivity index (χ2n) is 4.71. The molecule has 1 aromatic heterocycles. The minimum absolute atomic E-state index is 0.710. The predicted molar refractivity (Wildman–Crippen MR) is 78.4 cm³/mol. The summed E-state index contributed by atoms with van der Waals surface area (Å²) in [6, 6.07) is 8.19. The number of rotatable bonds is 7. The number of thiazole rings is 1. The lowest BCUT2D eigenvalue weighted by atomic mass is 10.1. The van der Waals surface area contributed by atoms with Crippen LogP contribution in [-0.2, 0) is 4.74 Å². The number of aromatic nitrogens is 1. The summed E-state index contributed by atoms with van der Waals surface area (Å²) in [5.74, 6) is 0.710. The summed E-state index contributed by atoms with van der Waals surface area (Å²) in [5, 5.41) is 4.28. The zero-order chi connectivity index (χ0) is 12.8. The molecule has 0 bridgehead atoms. The fourth-order valence-electron chi connectivity index (χ4n) is 1.60. The van der Waals surface area contributed by atoms with Crippen molar-refractivity contribution in [2.75, 3.05) is 25.1 Å². The SMILES string of the molecule is CC(C)CCOCCNc1nc2ccccc2s1. The van der Waals surface area contributed by atoms with E-state index in [-0.39, 0.29) is 0 Å². The Morgan fingerprint density at radius 3 is 2.89 bits per heavy atom. The molecule has 2 rings (SSSR count). The van der Waals surface area contributed by atoms with Crippen molar-refractivity contribution < 1.29 is 4.74 Å². The van der Waals surface area contributed by atoms with Crippen LogP contribution in [0.25, 0.3) is 10.2 Å². The van der Waals surface area contributed by atoms with E-state index in [9.17, 15) is 0 Å². The molecule has 98 valence electrons. The highest BCUT2D eigenvalue weighted by Gasteiger charge is 2.01. The molecule has 0 spiro atoms. The van der Waals surface area contributed by atoms with Gasteiger partial charge in [-0.05, 0) is 24.5 Å². The lowest BCUT2D eigenvalue weighted by molar-refractivity contribution is 0.132.